The second-order valence-electron chi connectivity index (χ2n) is 8.19. The summed E-state index contributed by atoms with van der Waals surface area (Å²) in [5.41, 5.74) is 1.59. The summed E-state index contributed by atoms with van der Waals surface area (Å²) in [7, 11) is 2.18. The van der Waals surface area contributed by atoms with Gasteiger partial charge in [-0.1, -0.05) is 12.1 Å². The molecule has 1 aromatic rings. The van der Waals surface area contributed by atoms with E-state index in [1.807, 2.05) is 18.7 Å². The Kier molecular flexibility index (Phi) is 8.06. The number of non-ortho nitro benzene ring substituents is 1. The molecule has 0 saturated heterocycles. The first kappa shape index (κ1) is 28.5. The van der Waals surface area contributed by atoms with E-state index in [1.165, 1.54) is 19.2 Å². The average Bonchev–Trinajstić information content (AvgIpc) is 3.38. The number of carboxylic acid groups (broad SMARTS) is 3. The Labute approximate surface area is 209 Å². The molecule has 2 aliphatic rings. The quantitative estimate of drug-likeness (QED) is 0.193. The number of carbonyl (C=O) groups is 5. The van der Waals surface area contributed by atoms with Crippen LogP contribution in [0.3, 0.4) is 0 Å². The molecule has 14 heteroatoms. The van der Waals surface area contributed by atoms with Crippen LogP contribution in [0.2, 0.25) is 0 Å². The molecule has 0 amide bonds. The number of nitro groups is 1. The van der Waals surface area contributed by atoms with Crippen LogP contribution in [0.4, 0.5) is 5.69 Å². The number of carbonyl (C=O) groups excluding carboxylic acids is 2. The molecule has 14 nitrogen and oxygen atoms in total. The third kappa shape index (κ3) is 4.98. The smallest absolute Gasteiger partial charge is 0.336 e. The van der Waals surface area contributed by atoms with Crippen LogP contribution in [0.15, 0.2) is 46.9 Å². The van der Waals surface area contributed by atoms with Gasteiger partial charge in [0, 0.05) is 23.5 Å². The second-order valence-corrected chi connectivity index (χ2v) is 8.19. The van der Waals surface area contributed by atoms with Crippen LogP contribution in [0.25, 0.3) is 0 Å². The maximum Gasteiger partial charge on any atom is 0.336 e. The Morgan fingerprint density at radius 1 is 1.03 bits per heavy atom. The SMILES string of the molecule is COC(=O)C1=C(C)N2C(C)=C2[C@H]1c1cccc([N+](=O)[O-])c1.COC(=O)[C@](C)(C(=O)O)C(C(=O)O)C(=O)O. The number of hydrogen-bond acceptors (Lipinski definition) is 10. The number of nitro benzene ring substituents is 1. The van der Waals surface area contributed by atoms with E-state index in [9.17, 15) is 34.1 Å². The summed E-state index contributed by atoms with van der Waals surface area (Å²) < 4.78 is 8.97. The predicted molar refractivity (Wildman–Crippen MR) is 122 cm³/mol. The summed E-state index contributed by atoms with van der Waals surface area (Å²) in [5.74, 6) is -10.3. The summed E-state index contributed by atoms with van der Waals surface area (Å²) >= 11 is 0. The fourth-order valence-corrected chi connectivity index (χ4v) is 4.16. The number of ether oxygens (including phenoxy) is 2. The van der Waals surface area contributed by atoms with Gasteiger partial charge in [-0.3, -0.25) is 29.3 Å². The number of nitrogens with zero attached hydrogens (tertiary/aromatic N) is 2. The monoisotopic (exact) mass is 520 g/mol. The van der Waals surface area contributed by atoms with Gasteiger partial charge in [0.25, 0.3) is 5.69 Å². The molecular formula is C23H24N2O12. The van der Waals surface area contributed by atoms with E-state index >= 15 is 0 Å². The van der Waals surface area contributed by atoms with Gasteiger partial charge in [0.05, 0.1) is 36.3 Å². The van der Waals surface area contributed by atoms with Crippen LogP contribution in [-0.4, -0.2) is 69.2 Å². The first-order chi connectivity index (χ1) is 17.2. The second kappa shape index (κ2) is 10.5. The highest BCUT2D eigenvalue weighted by atomic mass is 16.6. The van der Waals surface area contributed by atoms with Crippen molar-refractivity contribution >= 4 is 35.5 Å². The third-order valence-electron chi connectivity index (χ3n) is 6.13. The van der Waals surface area contributed by atoms with Crippen molar-refractivity contribution in [1.29, 1.82) is 0 Å². The molecule has 0 bridgehead atoms. The minimum absolute atomic E-state index is 0.0201. The summed E-state index contributed by atoms with van der Waals surface area (Å²) in [5, 5.41) is 37.0. The molecule has 0 aromatic heterocycles. The number of carboxylic acids is 3. The number of fused-ring (bicyclic) bond motifs is 1. The van der Waals surface area contributed by atoms with E-state index in [4.69, 9.17) is 20.1 Å². The fourth-order valence-electron chi connectivity index (χ4n) is 4.16. The Morgan fingerprint density at radius 2 is 1.59 bits per heavy atom. The Morgan fingerprint density at radius 3 is 2.03 bits per heavy atom. The summed E-state index contributed by atoms with van der Waals surface area (Å²) in [4.78, 5) is 67.9. The minimum Gasteiger partial charge on any atom is -0.481 e. The van der Waals surface area contributed by atoms with Crippen LogP contribution in [0, 0.1) is 21.4 Å². The number of methoxy groups -OCH3 is 2. The fraction of sp³-hybridized carbons (Fsp3) is 0.348. The molecule has 0 saturated carbocycles. The molecule has 0 unspecified atom stereocenters. The standard InChI is InChI=1S/C15H14N2O4.C8H10O8/c1-8-12(15(18)21-3)13(14-9(2)16(8)14)10-5-4-6-11(7-10)17(19)20;1-8(6(13)14,7(15)16-2)3(4(9)10)5(11)12/h4-7,13H,1-3H3;3H,1-2H3,(H,9,10)(H,11,12)(H,13,14)/t13-,16?;8-/m00/s1. The van der Waals surface area contributed by atoms with E-state index in [1.54, 1.807) is 12.1 Å². The zero-order valence-corrected chi connectivity index (χ0v) is 20.4. The van der Waals surface area contributed by atoms with Gasteiger partial charge in [0.15, 0.2) is 11.3 Å². The van der Waals surface area contributed by atoms with Gasteiger partial charge in [-0.15, -0.1) is 0 Å². The molecule has 0 radical (unpaired) electrons. The molecule has 37 heavy (non-hydrogen) atoms. The molecule has 2 atom stereocenters. The largest absolute Gasteiger partial charge is 0.481 e. The number of aliphatic carboxylic acids is 3. The molecular weight excluding hydrogens is 496 g/mol. The minimum atomic E-state index is -2.67. The van der Waals surface area contributed by atoms with Crippen molar-refractivity contribution in [2.24, 2.45) is 11.3 Å². The highest BCUT2D eigenvalue weighted by molar-refractivity contribution is 6.09. The lowest BCUT2D eigenvalue weighted by molar-refractivity contribution is -0.384. The molecule has 0 aliphatic carbocycles. The Hall–Kier alpha value is -4.75. The molecule has 2 aliphatic heterocycles. The van der Waals surface area contributed by atoms with Gasteiger partial charge in [0.2, 0.25) is 0 Å². The summed E-state index contributed by atoms with van der Waals surface area (Å²) in [6.45, 7) is 4.52. The molecule has 3 N–H and O–H groups in total. The van der Waals surface area contributed by atoms with E-state index in [0.717, 1.165) is 29.8 Å². The Balaban J connectivity index is 0.000000273. The van der Waals surface area contributed by atoms with Crippen molar-refractivity contribution in [3.63, 3.8) is 0 Å². The highest BCUT2D eigenvalue weighted by Gasteiger charge is 2.57. The number of benzene rings is 1. The predicted octanol–water partition coefficient (Wildman–Crippen LogP) is 1.72. The molecule has 1 aromatic carbocycles. The van der Waals surface area contributed by atoms with Crippen molar-refractivity contribution in [1.82, 2.24) is 4.90 Å². The van der Waals surface area contributed by atoms with Gasteiger partial charge < -0.3 is 29.7 Å². The molecule has 0 spiro atoms. The van der Waals surface area contributed by atoms with Gasteiger partial charge in [-0.25, -0.2) is 4.79 Å². The van der Waals surface area contributed by atoms with Crippen LogP contribution < -0.4 is 0 Å². The third-order valence-corrected chi connectivity index (χ3v) is 6.13. The van der Waals surface area contributed by atoms with Gasteiger partial charge in [0.1, 0.15) is 0 Å². The molecule has 198 valence electrons. The highest BCUT2D eigenvalue weighted by Crippen LogP contribution is 2.56. The van der Waals surface area contributed by atoms with E-state index in [0.29, 0.717) is 12.5 Å². The number of hydrogen-bond donors (Lipinski definition) is 3. The van der Waals surface area contributed by atoms with Crippen molar-refractivity contribution in [2.45, 2.75) is 26.7 Å². The molecule has 2 heterocycles. The summed E-state index contributed by atoms with van der Waals surface area (Å²) in [6, 6.07) is 6.40. The summed E-state index contributed by atoms with van der Waals surface area (Å²) in [6.07, 6.45) is 0. The van der Waals surface area contributed by atoms with Crippen LogP contribution >= 0.6 is 0 Å². The van der Waals surface area contributed by atoms with Gasteiger partial charge >= 0.3 is 29.8 Å². The van der Waals surface area contributed by atoms with Crippen molar-refractivity contribution in [3.8, 4) is 0 Å². The van der Waals surface area contributed by atoms with Gasteiger partial charge in [-0.05, 0) is 26.3 Å². The van der Waals surface area contributed by atoms with E-state index in [-0.39, 0.29) is 11.6 Å². The lowest BCUT2D eigenvalue weighted by Crippen LogP contribution is -2.50. The topological polar surface area (TPSA) is 211 Å². The Bertz CT molecular complexity index is 1250. The first-order valence-corrected chi connectivity index (χ1v) is 10.5. The lowest BCUT2D eigenvalue weighted by Gasteiger charge is -2.25. The average molecular weight is 520 g/mol. The number of esters is 2. The first-order valence-electron chi connectivity index (χ1n) is 10.5. The normalized spacial score (nSPS) is 17.2. The zero-order valence-electron chi connectivity index (χ0n) is 20.4. The number of rotatable bonds is 8. The van der Waals surface area contributed by atoms with Crippen molar-refractivity contribution in [3.05, 3.63) is 62.6 Å². The lowest BCUT2D eigenvalue weighted by atomic mass is 9.77. The van der Waals surface area contributed by atoms with Crippen LogP contribution in [-0.2, 0) is 33.4 Å². The van der Waals surface area contributed by atoms with Gasteiger partial charge in [-0.2, -0.15) is 0 Å². The van der Waals surface area contributed by atoms with Crippen LogP contribution in [0.1, 0.15) is 32.3 Å². The van der Waals surface area contributed by atoms with E-state index in [2.05, 4.69) is 4.74 Å². The van der Waals surface area contributed by atoms with Crippen LogP contribution in [0.5, 0.6) is 0 Å². The maximum absolute atomic E-state index is 12.0. The zero-order chi connectivity index (χ0) is 28.4. The van der Waals surface area contributed by atoms with Crippen molar-refractivity contribution < 1.29 is 53.7 Å². The molecule has 3 rings (SSSR count). The number of allylic oxidation sites excluding steroid dienone is 3. The molecule has 0 fully saturated rings. The van der Waals surface area contributed by atoms with Crippen molar-refractivity contribution in [2.75, 3.05) is 14.2 Å². The van der Waals surface area contributed by atoms with E-state index < -0.39 is 46.1 Å². The maximum atomic E-state index is 12.0.